The van der Waals surface area contributed by atoms with Crippen molar-refractivity contribution < 1.29 is 23.5 Å². The number of methoxy groups -OCH3 is 1. The maximum absolute atomic E-state index is 12.9. The minimum atomic E-state index is -0.657. The van der Waals surface area contributed by atoms with E-state index in [9.17, 15) is 14.4 Å². The summed E-state index contributed by atoms with van der Waals surface area (Å²) < 4.78 is 16.8. The molecular weight excluding hydrogens is 474 g/mol. The Labute approximate surface area is 215 Å². The molecule has 9 heteroatoms. The highest BCUT2D eigenvalue weighted by Crippen LogP contribution is 2.28. The Bertz CT molecular complexity index is 1370. The minimum absolute atomic E-state index is 0.0489. The van der Waals surface area contributed by atoms with Crippen molar-refractivity contribution in [3.8, 4) is 11.5 Å². The molecule has 0 radical (unpaired) electrons. The molecule has 0 aliphatic rings. The van der Waals surface area contributed by atoms with E-state index in [1.165, 1.54) is 0 Å². The molecule has 0 bridgehead atoms. The zero-order valence-corrected chi connectivity index (χ0v) is 21.6. The third-order valence-electron chi connectivity index (χ3n) is 5.68. The smallest absolute Gasteiger partial charge is 0.360 e. The lowest BCUT2D eigenvalue weighted by molar-refractivity contribution is -0.117. The molecule has 1 aromatic heterocycles. The molecule has 0 saturated heterocycles. The average Bonchev–Trinajstić information content (AvgIpc) is 2.86. The fourth-order valence-corrected chi connectivity index (χ4v) is 3.73. The molecule has 0 unspecified atom stereocenters. The third kappa shape index (κ3) is 7.44. The number of anilines is 1. The largest absolute Gasteiger partial charge is 0.496 e. The van der Waals surface area contributed by atoms with Crippen LogP contribution in [-0.4, -0.2) is 38.6 Å². The lowest BCUT2D eigenvalue weighted by Crippen LogP contribution is -2.29. The van der Waals surface area contributed by atoms with Gasteiger partial charge in [-0.25, -0.2) is 4.79 Å². The van der Waals surface area contributed by atoms with Crippen LogP contribution in [0, 0.1) is 6.92 Å². The topological polar surface area (TPSA) is 133 Å². The van der Waals surface area contributed by atoms with Crippen LogP contribution in [0.5, 0.6) is 11.5 Å². The number of hydrogen-bond acceptors (Lipinski definition) is 7. The van der Waals surface area contributed by atoms with E-state index in [1.54, 1.807) is 50.4 Å². The molecule has 0 atom stereocenters. The Morgan fingerprint density at radius 1 is 1.11 bits per heavy atom. The lowest BCUT2D eigenvalue weighted by atomic mass is 10.0. The van der Waals surface area contributed by atoms with Crippen molar-refractivity contribution in [1.29, 1.82) is 0 Å². The van der Waals surface area contributed by atoms with Crippen LogP contribution in [0.3, 0.4) is 0 Å². The van der Waals surface area contributed by atoms with Gasteiger partial charge in [-0.05, 0) is 82.1 Å². The molecule has 0 aliphatic carbocycles. The number of nitrogens with two attached hydrogens (primary N) is 1. The van der Waals surface area contributed by atoms with Crippen LogP contribution < -0.4 is 31.5 Å². The zero-order chi connectivity index (χ0) is 26.9. The molecule has 1 heterocycles. The van der Waals surface area contributed by atoms with Crippen LogP contribution in [0.25, 0.3) is 11.0 Å². The van der Waals surface area contributed by atoms with E-state index in [4.69, 9.17) is 19.6 Å². The maximum atomic E-state index is 12.9. The van der Waals surface area contributed by atoms with Gasteiger partial charge in [0.1, 0.15) is 22.8 Å². The molecule has 3 aromatic rings. The molecule has 0 saturated carbocycles. The van der Waals surface area contributed by atoms with Gasteiger partial charge >= 0.3 is 5.63 Å². The molecule has 0 aliphatic heterocycles. The summed E-state index contributed by atoms with van der Waals surface area (Å²) in [4.78, 5) is 36.4. The fourth-order valence-electron chi connectivity index (χ4n) is 3.73. The monoisotopic (exact) mass is 507 g/mol. The van der Waals surface area contributed by atoms with Crippen molar-refractivity contribution in [2.24, 2.45) is 5.73 Å². The van der Waals surface area contributed by atoms with Crippen molar-refractivity contribution in [3.63, 3.8) is 0 Å². The second-order valence-corrected chi connectivity index (χ2v) is 8.87. The number of carbonyl (C=O) groups is 2. The van der Waals surface area contributed by atoms with Gasteiger partial charge in [-0.1, -0.05) is 11.6 Å². The Morgan fingerprint density at radius 2 is 1.86 bits per heavy atom. The minimum Gasteiger partial charge on any atom is -0.496 e. The number of fused-ring (bicyclic) bond motifs is 1. The number of nitrogens with one attached hydrogen (secondary N) is 2. The van der Waals surface area contributed by atoms with Crippen LogP contribution in [-0.2, 0) is 11.2 Å². The van der Waals surface area contributed by atoms with Crippen molar-refractivity contribution in [1.82, 2.24) is 5.32 Å². The van der Waals surface area contributed by atoms with E-state index in [-0.39, 0.29) is 12.2 Å². The van der Waals surface area contributed by atoms with E-state index in [2.05, 4.69) is 16.7 Å². The molecule has 3 rings (SSSR count). The van der Waals surface area contributed by atoms with Crippen LogP contribution in [0.4, 0.5) is 5.69 Å². The van der Waals surface area contributed by atoms with Gasteiger partial charge in [0.15, 0.2) is 0 Å². The molecule has 0 fully saturated rings. The number of rotatable bonds is 12. The number of aryl methyl sites for hydroxylation is 1. The predicted octanol–water partition coefficient (Wildman–Crippen LogP) is 3.71. The van der Waals surface area contributed by atoms with Gasteiger partial charge in [0, 0.05) is 16.5 Å². The van der Waals surface area contributed by atoms with Gasteiger partial charge in [0.05, 0.1) is 20.3 Å². The predicted molar refractivity (Wildman–Crippen MR) is 143 cm³/mol. The molecule has 196 valence electrons. The van der Waals surface area contributed by atoms with E-state index in [1.807, 2.05) is 13.8 Å². The highest BCUT2D eigenvalue weighted by atomic mass is 16.5. The highest BCUT2D eigenvalue weighted by molar-refractivity contribution is 6.05. The normalized spacial score (nSPS) is 10.7. The molecule has 4 N–H and O–H groups in total. The Hall–Kier alpha value is -4.11. The molecule has 9 nitrogen and oxygen atoms in total. The van der Waals surface area contributed by atoms with E-state index in [0.717, 1.165) is 11.1 Å². The zero-order valence-electron chi connectivity index (χ0n) is 21.6. The summed E-state index contributed by atoms with van der Waals surface area (Å²) in [7, 11) is 1.59. The molecule has 0 spiro atoms. The number of carbonyl (C=O) groups excluding carboxylic acids is 2. The summed E-state index contributed by atoms with van der Waals surface area (Å²) in [5.74, 6) is 0.443. The first-order valence-electron chi connectivity index (χ1n) is 12.0. The average molecular weight is 508 g/mol. The molecule has 37 heavy (non-hydrogen) atoms. The number of primary amides is 1. The van der Waals surface area contributed by atoms with Gasteiger partial charge in [0.2, 0.25) is 5.91 Å². The Balaban J connectivity index is 1.74. The number of amides is 2. The van der Waals surface area contributed by atoms with Gasteiger partial charge in [-0.15, -0.1) is 0 Å². The molecule has 2 amide bonds. The van der Waals surface area contributed by atoms with Crippen molar-refractivity contribution in [2.45, 2.75) is 33.6 Å². The van der Waals surface area contributed by atoms with Gasteiger partial charge in [0.25, 0.3) is 5.91 Å². The summed E-state index contributed by atoms with van der Waals surface area (Å²) in [6, 6.07) is 10.3. The van der Waals surface area contributed by atoms with Gasteiger partial charge < -0.3 is 30.3 Å². The lowest BCUT2D eigenvalue weighted by Gasteiger charge is -2.12. The van der Waals surface area contributed by atoms with Crippen molar-refractivity contribution in [3.05, 3.63) is 75.2 Å². The Kier molecular flexibility index (Phi) is 9.45. The van der Waals surface area contributed by atoms with Crippen LogP contribution in [0.15, 0.2) is 57.3 Å². The third-order valence-corrected chi connectivity index (χ3v) is 5.68. The number of ether oxygens (including phenoxy) is 2. The van der Waals surface area contributed by atoms with Crippen molar-refractivity contribution >= 4 is 28.5 Å². The van der Waals surface area contributed by atoms with Crippen LogP contribution in [0.1, 0.15) is 41.8 Å². The maximum Gasteiger partial charge on any atom is 0.360 e. The SMILES string of the molecule is COc1ccc(C(=O)Nc2cc3ccc(OCCCNCC(N)=O)c(C)c3oc2=O)cc1CC=C(C)C. The first kappa shape index (κ1) is 27.5. The van der Waals surface area contributed by atoms with Crippen LogP contribution in [0.2, 0.25) is 0 Å². The van der Waals surface area contributed by atoms with Gasteiger partial charge in [-0.2, -0.15) is 0 Å². The highest BCUT2D eigenvalue weighted by Gasteiger charge is 2.15. The van der Waals surface area contributed by atoms with E-state index >= 15 is 0 Å². The summed E-state index contributed by atoms with van der Waals surface area (Å²) >= 11 is 0. The van der Waals surface area contributed by atoms with E-state index in [0.29, 0.717) is 59.6 Å². The summed E-state index contributed by atoms with van der Waals surface area (Å²) in [5, 5.41) is 6.24. The Morgan fingerprint density at radius 3 is 2.57 bits per heavy atom. The second-order valence-electron chi connectivity index (χ2n) is 8.87. The number of benzene rings is 2. The first-order valence-corrected chi connectivity index (χ1v) is 12.0. The quantitative estimate of drug-likeness (QED) is 0.193. The fraction of sp³-hybridized carbons (Fsp3) is 0.321. The number of allylic oxidation sites excluding steroid dienone is 2. The van der Waals surface area contributed by atoms with Gasteiger partial charge in [-0.3, -0.25) is 9.59 Å². The van der Waals surface area contributed by atoms with E-state index < -0.39 is 17.4 Å². The first-order chi connectivity index (χ1) is 17.7. The van der Waals surface area contributed by atoms with Crippen LogP contribution >= 0.6 is 0 Å². The summed E-state index contributed by atoms with van der Waals surface area (Å²) in [5.41, 5.74) is 7.98. The second kappa shape index (κ2) is 12.7. The standard InChI is InChI=1S/C28H33N3O6/c1-17(2)6-7-19-14-21(9-11-24(19)35-4)27(33)31-22-15-20-8-10-23(18(3)26(20)37-28(22)34)36-13-5-12-30-16-25(29)32/h6,8-11,14-15,30H,5,7,12-13,16H2,1-4H3,(H2,29,32)(H,31,33). The number of hydrogen-bond donors (Lipinski definition) is 3. The summed E-state index contributed by atoms with van der Waals surface area (Å²) in [6.45, 7) is 6.92. The molecular formula is C28H33N3O6. The van der Waals surface area contributed by atoms with Crippen molar-refractivity contribution in [2.75, 3.05) is 32.1 Å². The summed E-state index contributed by atoms with van der Waals surface area (Å²) in [6.07, 6.45) is 3.35. The molecule has 2 aromatic carbocycles.